The van der Waals surface area contributed by atoms with Crippen LogP contribution in [0.15, 0.2) is 0 Å². The molecule has 2 fully saturated rings. The lowest BCUT2D eigenvalue weighted by Crippen LogP contribution is -2.26. The van der Waals surface area contributed by atoms with Crippen molar-refractivity contribution < 1.29 is 5.11 Å². The van der Waals surface area contributed by atoms with Crippen LogP contribution >= 0.6 is 0 Å². The van der Waals surface area contributed by atoms with Gasteiger partial charge in [0.05, 0.1) is 6.10 Å². The summed E-state index contributed by atoms with van der Waals surface area (Å²) in [6, 6.07) is 0. The van der Waals surface area contributed by atoms with E-state index in [-0.39, 0.29) is 6.10 Å². The van der Waals surface area contributed by atoms with Crippen molar-refractivity contribution in [1.29, 1.82) is 0 Å². The zero-order valence-electron chi connectivity index (χ0n) is 8.58. The highest BCUT2D eigenvalue weighted by molar-refractivity contribution is 4.89. The maximum absolute atomic E-state index is 9.55. The molecule has 3 unspecified atom stereocenters. The third kappa shape index (κ3) is 2.05. The molecule has 0 aromatic heterocycles. The summed E-state index contributed by atoms with van der Waals surface area (Å²) in [6.07, 6.45) is 4.63. The zero-order valence-corrected chi connectivity index (χ0v) is 8.58. The van der Waals surface area contributed by atoms with Gasteiger partial charge in [0.1, 0.15) is 0 Å². The second-order valence-electron chi connectivity index (χ2n) is 4.75. The van der Waals surface area contributed by atoms with E-state index in [1.165, 1.54) is 32.5 Å². The Morgan fingerprint density at radius 1 is 1.23 bits per heavy atom. The summed E-state index contributed by atoms with van der Waals surface area (Å²) in [5.74, 6) is 1.70. The Bertz CT molecular complexity index is 171. The van der Waals surface area contributed by atoms with Gasteiger partial charge in [-0.2, -0.15) is 0 Å². The van der Waals surface area contributed by atoms with Gasteiger partial charge in [0.15, 0.2) is 0 Å². The molecule has 0 amide bonds. The van der Waals surface area contributed by atoms with Crippen molar-refractivity contribution in [3.63, 3.8) is 0 Å². The van der Waals surface area contributed by atoms with E-state index in [0.29, 0.717) is 0 Å². The standard InChI is InChI=1S/C11H21NO/c1-2-5-12-7-9-3-4-11(13)6-10(9)8-12/h9-11,13H,2-8H2,1H3. The Morgan fingerprint density at radius 3 is 2.77 bits per heavy atom. The summed E-state index contributed by atoms with van der Waals surface area (Å²) in [6.45, 7) is 6.04. The maximum atomic E-state index is 9.55. The van der Waals surface area contributed by atoms with Crippen LogP contribution in [0, 0.1) is 11.8 Å². The Kier molecular flexibility index (Phi) is 2.89. The summed E-state index contributed by atoms with van der Waals surface area (Å²) >= 11 is 0. The molecule has 1 aliphatic carbocycles. The first-order chi connectivity index (χ1) is 6.29. The molecular weight excluding hydrogens is 162 g/mol. The summed E-state index contributed by atoms with van der Waals surface area (Å²) in [5, 5.41) is 9.55. The second-order valence-corrected chi connectivity index (χ2v) is 4.75. The largest absolute Gasteiger partial charge is 0.393 e. The second kappa shape index (κ2) is 3.97. The number of aliphatic hydroxyl groups excluding tert-OH is 1. The van der Waals surface area contributed by atoms with Crippen LogP contribution in [-0.2, 0) is 0 Å². The SMILES string of the molecule is CCCN1CC2CCC(O)CC2C1. The predicted octanol–water partition coefficient (Wildman–Crippen LogP) is 1.49. The monoisotopic (exact) mass is 183 g/mol. The first-order valence-electron chi connectivity index (χ1n) is 5.70. The van der Waals surface area contributed by atoms with Crippen LogP contribution in [0.1, 0.15) is 32.6 Å². The normalized spacial score (nSPS) is 40.6. The van der Waals surface area contributed by atoms with E-state index in [2.05, 4.69) is 11.8 Å². The fourth-order valence-corrected chi connectivity index (χ4v) is 3.00. The molecule has 1 aliphatic heterocycles. The van der Waals surface area contributed by atoms with Gasteiger partial charge < -0.3 is 10.0 Å². The van der Waals surface area contributed by atoms with E-state index in [1.807, 2.05) is 0 Å². The topological polar surface area (TPSA) is 23.5 Å². The molecule has 1 heterocycles. The molecule has 2 aliphatic rings. The Balaban J connectivity index is 1.87. The molecule has 1 saturated heterocycles. The quantitative estimate of drug-likeness (QED) is 0.701. The molecule has 13 heavy (non-hydrogen) atoms. The molecule has 2 nitrogen and oxygen atoms in total. The third-order valence-corrected chi connectivity index (χ3v) is 3.64. The average molecular weight is 183 g/mol. The summed E-state index contributed by atoms with van der Waals surface area (Å²) in [4.78, 5) is 2.58. The van der Waals surface area contributed by atoms with Gasteiger partial charge in [-0.3, -0.25) is 0 Å². The number of nitrogens with zero attached hydrogens (tertiary/aromatic N) is 1. The lowest BCUT2D eigenvalue weighted by molar-refractivity contribution is 0.0865. The zero-order chi connectivity index (χ0) is 9.26. The molecule has 0 radical (unpaired) electrons. The van der Waals surface area contributed by atoms with Crippen molar-refractivity contribution in [3.05, 3.63) is 0 Å². The third-order valence-electron chi connectivity index (χ3n) is 3.64. The van der Waals surface area contributed by atoms with Crippen molar-refractivity contribution >= 4 is 0 Å². The Labute approximate surface area is 80.9 Å². The van der Waals surface area contributed by atoms with E-state index >= 15 is 0 Å². The number of hydrogen-bond donors (Lipinski definition) is 1. The number of likely N-dealkylation sites (tertiary alicyclic amines) is 1. The van der Waals surface area contributed by atoms with Gasteiger partial charge in [0, 0.05) is 13.1 Å². The first-order valence-corrected chi connectivity index (χ1v) is 5.70. The average Bonchev–Trinajstić information content (AvgIpc) is 2.46. The molecular formula is C11H21NO. The molecule has 2 rings (SSSR count). The molecule has 2 heteroatoms. The summed E-state index contributed by atoms with van der Waals surface area (Å²) < 4.78 is 0. The van der Waals surface area contributed by atoms with Gasteiger partial charge in [-0.1, -0.05) is 6.92 Å². The highest BCUT2D eigenvalue weighted by Crippen LogP contribution is 2.36. The number of hydrogen-bond acceptors (Lipinski definition) is 2. The van der Waals surface area contributed by atoms with Crippen LogP contribution in [0.2, 0.25) is 0 Å². The van der Waals surface area contributed by atoms with E-state index < -0.39 is 0 Å². The smallest absolute Gasteiger partial charge is 0.0543 e. The molecule has 0 spiro atoms. The fraction of sp³-hybridized carbons (Fsp3) is 1.00. The van der Waals surface area contributed by atoms with E-state index in [9.17, 15) is 5.11 Å². The number of rotatable bonds is 2. The van der Waals surface area contributed by atoms with Crippen molar-refractivity contribution in [1.82, 2.24) is 4.90 Å². The Morgan fingerprint density at radius 2 is 2.00 bits per heavy atom. The molecule has 0 aromatic rings. The van der Waals surface area contributed by atoms with Gasteiger partial charge in [-0.25, -0.2) is 0 Å². The van der Waals surface area contributed by atoms with Crippen LogP contribution in [0.4, 0.5) is 0 Å². The lowest BCUT2D eigenvalue weighted by atomic mass is 9.80. The number of aliphatic hydroxyl groups is 1. The maximum Gasteiger partial charge on any atom is 0.0543 e. The van der Waals surface area contributed by atoms with E-state index in [4.69, 9.17) is 0 Å². The van der Waals surface area contributed by atoms with Crippen LogP contribution in [0.5, 0.6) is 0 Å². The van der Waals surface area contributed by atoms with Gasteiger partial charge in [0.25, 0.3) is 0 Å². The number of fused-ring (bicyclic) bond motifs is 1. The molecule has 1 saturated carbocycles. The van der Waals surface area contributed by atoms with E-state index in [0.717, 1.165) is 24.7 Å². The molecule has 3 atom stereocenters. The van der Waals surface area contributed by atoms with Crippen molar-refractivity contribution in [2.45, 2.75) is 38.7 Å². The lowest BCUT2D eigenvalue weighted by Gasteiger charge is -2.27. The molecule has 0 aromatic carbocycles. The highest BCUT2D eigenvalue weighted by Gasteiger charge is 2.36. The first kappa shape index (κ1) is 9.47. The van der Waals surface area contributed by atoms with Gasteiger partial charge in [-0.15, -0.1) is 0 Å². The van der Waals surface area contributed by atoms with E-state index in [1.54, 1.807) is 0 Å². The minimum Gasteiger partial charge on any atom is -0.393 e. The summed E-state index contributed by atoms with van der Waals surface area (Å²) in [7, 11) is 0. The van der Waals surface area contributed by atoms with Crippen molar-refractivity contribution in [2.75, 3.05) is 19.6 Å². The van der Waals surface area contributed by atoms with Crippen molar-refractivity contribution in [2.24, 2.45) is 11.8 Å². The molecule has 76 valence electrons. The predicted molar refractivity (Wildman–Crippen MR) is 53.6 cm³/mol. The van der Waals surface area contributed by atoms with Gasteiger partial charge >= 0.3 is 0 Å². The van der Waals surface area contributed by atoms with Gasteiger partial charge in [0.2, 0.25) is 0 Å². The summed E-state index contributed by atoms with van der Waals surface area (Å²) in [5.41, 5.74) is 0. The Hall–Kier alpha value is -0.0800. The minimum atomic E-state index is 0.00262. The van der Waals surface area contributed by atoms with Crippen LogP contribution in [-0.4, -0.2) is 35.7 Å². The van der Waals surface area contributed by atoms with Crippen LogP contribution < -0.4 is 0 Å². The van der Waals surface area contributed by atoms with Crippen molar-refractivity contribution in [3.8, 4) is 0 Å². The molecule has 1 N–H and O–H groups in total. The molecule has 0 bridgehead atoms. The highest BCUT2D eigenvalue weighted by atomic mass is 16.3. The van der Waals surface area contributed by atoms with Crippen LogP contribution in [0.25, 0.3) is 0 Å². The van der Waals surface area contributed by atoms with Gasteiger partial charge in [-0.05, 0) is 44.1 Å². The fourth-order valence-electron chi connectivity index (χ4n) is 3.00. The minimum absolute atomic E-state index is 0.00262. The van der Waals surface area contributed by atoms with Crippen LogP contribution in [0.3, 0.4) is 0 Å².